The summed E-state index contributed by atoms with van der Waals surface area (Å²) in [4.78, 5) is 23.0. The molecular formula is C24H18ClN3O4. The number of aryl methyl sites for hydroxylation is 1. The van der Waals surface area contributed by atoms with Crippen LogP contribution in [-0.4, -0.2) is 10.8 Å². The molecule has 0 aromatic heterocycles. The van der Waals surface area contributed by atoms with E-state index in [1.54, 1.807) is 54.6 Å². The summed E-state index contributed by atoms with van der Waals surface area (Å²) in [5.41, 5.74) is 2.51. The Morgan fingerprint density at radius 3 is 2.59 bits per heavy atom. The van der Waals surface area contributed by atoms with E-state index in [1.807, 2.05) is 13.0 Å². The largest absolute Gasteiger partial charge is 0.488 e. The van der Waals surface area contributed by atoms with Crippen LogP contribution in [0.15, 0.2) is 72.3 Å². The molecule has 3 aromatic rings. The number of amides is 1. The molecule has 0 bridgehead atoms. The van der Waals surface area contributed by atoms with Crippen LogP contribution in [0.1, 0.15) is 16.7 Å². The van der Waals surface area contributed by atoms with Crippen molar-refractivity contribution in [1.82, 2.24) is 0 Å². The lowest BCUT2D eigenvalue weighted by molar-refractivity contribution is -0.384. The minimum absolute atomic E-state index is 0.00306. The average molecular weight is 448 g/mol. The number of nitro groups is 1. The molecule has 1 N–H and O–H groups in total. The summed E-state index contributed by atoms with van der Waals surface area (Å²) in [6, 6.07) is 20.0. The molecule has 0 saturated carbocycles. The molecule has 160 valence electrons. The highest BCUT2D eigenvalue weighted by atomic mass is 35.5. The Morgan fingerprint density at radius 2 is 1.91 bits per heavy atom. The summed E-state index contributed by atoms with van der Waals surface area (Å²) in [6.45, 7) is 1.99. The van der Waals surface area contributed by atoms with E-state index in [1.165, 1.54) is 18.2 Å². The number of nitrogens with zero attached hydrogens (tertiary/aromatic N) is 2. The molecule has 0 aliphatic rings. The molecule has 0 saturated heterocycles. The van der Waals surface area contributed by atoms with Crippen molar-refractivity contribution in [1.29, 1.82) is 5.26 Å². The lowest BCUT2D eigenvalue weighted by Gasteiger charge is -2.11. The summed E-state index contributed by atoms with van der Waals surface area (Å²) in [5, 5.41) is 23.5. The number of anilines is 1. The van der Waals surface area contributed by atoms with Crippen LogP contribution in [0.2, 0.25) is 5.02 Å². The van der Waals surface area contributed by atoms with Crippen LogP contribution in [0.5, 0.6) is 5.75 Å². The molecule has 3 aromatic carbocycles. The van der Waals surface area contributed by atoms with Gasteiger partial charge in [0, 0.05) is 28.4 Å². The van der Waals surface area contributed by atoms with Gasteiger partial charge in [-0.1, -0.05) is 35.9 Å². The summed E-state index contributed by atoms with van der Waals surface area (Å²) in [7, 11) is 0. The second-order valence-electron chi connectivity index (χ2n) is 6.83. The number of ether oxygens (including phenoxy) is 1. The van der Waals surface area contributed by atoms with Gasteiger partial charge < -0.3 is 10.1 Å². The fourth-order valence-corrected chi connectivity index (χ4v) is 3.00. The van der Waals surface area contributed by atoms with Crippen LogP contribution < -0.4 is 10.1 Å². The Hall–Kier alpha value is -4.15. The van der Waals surface area contributed by atoms with Crippen molar-refractivity contribution in [3.8, 4) is 11.8 Å². The van der Waals surface area contributed by atoms with E-state index in [4.69, 9.17) is 16.3 Å². The van der Waals surface area contributed by atoms with Gasteiger partial charge in [-0.15, -0.1) is 0 Å². The molecule has 8 heteroatoms. The molecule has 7 nitrogen and oxygen atoms in total. The van der Waals surface area contributed by atoms with Crippen molar-refractivity contribution in [2.24, 2.45) is 0 Å². The normalized spacial score (nSPS) is 10.8. The van der Waals surface area contributed by atoms with E-state index in [0.717, 1.165) is 11.1 Å². The standard InChI is InChI=1S/C24H18ClN3O4/c1-16-6-9-20(25)13-22(16)27-24(29)19(14-26)12-18-4-2-3-5-23(18)32-15-17-7-10-21(11-8-17)28(30)31/h2-13H,15H2,1H3,(H,27,29)/b19-12+. The molecule has 0 fully saturated rings. The molecular weight excluding hydrogens is 430 g/mol. The fourth-order valence-electron chi connectivity index (χ4n) is 2.83. The number of hydrogen-bond acceptors (Lipinski definition) is 5. The van der Waals surface area contributed by atoms with Crippen LogP contribution in [0.4, 0.5) is 11.4 Å². The number of carbonyl (C=O) groups excluding carboxylic acids is 1. The van der Waals surface area contributed by atoms with Gasteiger partial charge >= 0.3 is 0 Å². The van der Waals surface area contributed by atoms with Crippen LogP contribution in [0.3, 0.4) is 0 Å². The van der Waals surface area contributed by atoms with Gasteiger partial charge in [-0.2, -0.15) is 5.26 Å². The Morgan fingerprint density at radius 1 is 1.19 bits per heavy atom. The predicted molar refractivity (Wildman–Crippen MR) is 122 cm³/mol. The smallest absolute Gasteiger partial charge is 0.269 e. The number of benzene rings is 3. The highest BCUT2D eigenvalue weighted by Gasteiger charge is 2.13. The first kappa shape index (κ1) is 22.5. The number of halogens is 1. The predicted octanol–water partition coefficient (Wildman–Crippen LogP) is 5.68. The third kappa shape index (κ3) is 5.72. The molecule has 32 heavy (non-hydrogen) atoms. The zero-order valence-electron chi connectivity index (χ0n) is 17.0. The summed E-state index contributed by atoms with van der Waals surface area (Å²) >= 11 is 5.99. The number of para-hydroxylation sites is 1. The van der Waals surface area contributed by atoms with E-state index in [-0.39, 0.29) is 17.9 Å². The molecule has 0 aliphatic carbocycles. The van der Waals surface area contributed by atoms with E-state index in [2.05, 4.69) is 5.32 Å². The fraction of sp³-hybridized carbons (Fsp3) is 0.0833. The summed E-state index contributed by atoms with van der Waals surface area (Å²) in [5.74, 6) is -0.103. The van der Waals surface area contributed by atoms with Crippen molar-refractivity contribution in [2.75, 3.05) is 5.32 Å². The maximum absolute atomic E-state index is 12.6. The van der Waals surface area contributed by atoms with Crippen LogP contribution >= 0.6 is 11.6 Å². The number of nitro benzene ring substituents is 1. The lowest BCUT2D eigenvalue weighted by atomic mass is 10.1. The van der Waals surface area contributed by atoms with Gasteiger partial charge in [0.15, 0.2) is 0 Å². The summed E-state index contributed by atoms with van der Waals surface area (Å²) in [6.07, 6.45) is 1.44. The molecule has 0 aliphatic heterocycles. The zero-order valence-corrected chi connectivity index (χ0v) is 17.8. The first-order valence-electron chi connectivity index (χ1n) is 9.52. The van der Waals surface area contributed by atoms with Gasteiger partial charge in [0.2, 0.25) is 0 Å². The molecule has 0 radical (unpaired) electrons. The van der Waals surface area contributed by atoms with Crippen molar-refractivity contribution >= 4 is 35.0 Å². The van der Waals surface area contributed by atoms with Crippen LogP contribution in [-0.2, 0) is 11.4 Å². The zero-order chi connectivity index (χ0) is 23.1. The summed E-state index contributed by atoms with van der Waals surface area (Å²) < 4.78 is 5.83. The van der Waals surface area contributed by atoms with Crippen molar-refractivity contribution in [3.05, 3.63) is 104 Å². The first-order valence-corrected chi connectivity index (χ1v) is 9.89. The maximum atomic E-state index is 12.6. The minimum Gasteiger partial charge on any atom is -0.488 e. The van der Waals surface area contributed by atoms with Crippen molar-refractivity contribution in [3.63, 3.8) is 0 Å². The van der Waals surface area contributed by atoms with E-state index in [0.29, 0.717) is 22.0 Å². The number of nitrogens with one attached hydrogen (secondary N) is 1. The van der Waals surface area contributed by atoms with Gasteiger partial charge in [0.25, 0.3) is 11.6 Å². The number of carbonyl (C=O) groups is 1. The third-order valence-electron chi connectivity index (χ3n) is 4.57. The maximum Gasteiger partial charge on any atom is 0.269 e. The molecule has 1 amide bonds. The number of rotatable bonds is 7. The molecule has 0 atom stereocenters. The van der Waals surface area contributed by atoms with Gasteiger partial charge in [0.1, 0.15) is 24.0 Å². The Bertz CT molecular complexity index is 1230. The van der Waals surface area contributed by atoms with Crippen molar-refractivity contribution < 1.29 is 14.5 Å². The third-order valence-corrected chi connectivity index (χ3v) is 4.81. The van der Waals surface area contributed by atoms with E-state index in [9.17, 15) is 20.2 Å². The van der Waals surface area contributed by atoms with Gasteiger partial charge in [0.05, 0.1) is 4.92 Å². The van der Waals surface area contributed by atoms with Crippen molar-refractivity contribution in [2.45, 2.75) is 13.5 Å². The van der Waals surface area contributed by atoms with Gasteiger partial charge in [-0.3, -0.25) is 14.9 Å². The number of hydrogen-bond donors (Lipinski definition) is 1. The number of non-ortho nitro benzene ring substituents is 1. The highest BCUT2D eigenvalue weighted by molar-refractivity contribution is 6.31. The quantitative estimate of drug-likeness (QED) is 0.217. The molecule has 3 rings (SSSR count). The molecule has 0 spiro atoms. The lowest BCUT2D eigenvalue weighted by Crippen LogP contribution is -2.14. The number of nitriles is 1. The van der Waals surface area contributed by atoms with E-state index < -0.39 is 10.8 Å². The van der Waals surface area contributed by atoms with Gasteiger partial charge in [-0.05, 0) is 54.5 Å². The Labute approximate surface area is 189 Å². The monoisotopic (exact) mass is 447 g/mol. The topological polar surface area (TPSA) is 105 Å². The van der Waals surface area contributed by atoms with Gasteiger partial charge in [-0.25, -0.2) is 0 Å². The SMILES string of the molecule is Cc1ccc(Cl)cc1NC(=O)/C(C#N)=C/c1ccccc1OCc1ccc([N+](=O)[O-])cc1. The van der Waals surface area contributed by atoms with Crippen LogP contribution in [0.25, 0.3) is 6.08 Å². The average Bonchev–Trinajstić information content (AvgIpc) is 2.79. The second kappa shape index (κ2) is 10.2. The van der Waals surface area contributed by atoms with E-state index >= 15 is 0 Å². The molecule has 0 unspecified atom stereocenters. The second-order valence-corrected chi connectivity index (χ2v) is 7.27. The van der Waals surface area contributed by atoms with Crippen LogP contribution in [0, 0.1) is 28.4 Å². The highest BCUT2D eigenvalue weighted by Crippen LogP contribution is 2.24. The Balaban J connectivity index is 1.78. The molecule has 0 heterocycles. The minimum atomic E-state index is -0.567. The Kier molecular flexibility index (Phi) is 7.21. The first-order chi connectivity index (χ1) is 15.4.